The summed E-state index contributed by atoms with van der Waals surface area (Å²) in [6, 6.07) is 28.3. The van der Waals surface area contributed by atoms with Crippen LogP contribution in [0.5, 0.6) is 0 Å². The first-order valence-corrected chi connectivity index (χ1v) is 16.8. The number of nitrogens with two attached hydrogens (primary N) is 1. The lowest BCUT2D eigenvalue weighted by atomic mass is 10.00. The van der Waals surface area contributed by atoms with E-state index >= 15 is 0 Å². The molecule has 2 aliphatic heterocycles. The molecule has 10 heteroatoms. The number of hydrogen-bond donors (Lipinski definition) is 3. The summed E-state index contributed by atoms with van der Waals surface area (Å²) in [6.45, 7) is 0.00207. The summed E-state index contributed by atoms with van der Waals surface area (Å²) in [5, 5.41) is 8.02. The quantitative estimate of drug-likeness (QED) is 0.220. The van der Waals surface area contributed by atoms with Gasteiger partial charge in [-0.1, -0.05) is 54.6 Å². The zero-order valence-corrected chi connectivity index (χ0v) is 26.3. The molecule has 1 atom stereocenters. The lowest BCUT2D eigenvalue weighted by molar-refractivity contribution is -0.131. The van der Waals surface area contributed by atoms with Crippen LogP contribution < -0.4 is 16.4 Å². The molecular weight excluding hydrogens is 598 g/mol. The SMILES string of the molecule is CN1Cc2cc(ccc2S(=O)(=O)Cc2ccccc2)NC(=O)CCCc2ccc(cc2)[C@@H](Nc2ccc3c(N)nccc3c2)C1=O. The Morgan fingerprint density at radius 3 is 2.50 bits per heavy atom. The Kier molecular flexibility index (Phi) is 8.72. The third-order valence-corrected chi connectivity index (χ3v) is 9.98. The van der Waals surface area contributed by atoms with Crippen molar-refractivity contribution in [2.24, 2.45) is 0 Å². The number of nitrogen functional groups attached to an aromatic ring is 1. The molecule has 0 spiro atoms. The number of sulfone groups is 1. The summed E-state index contributed by atoms with van der Waals surface area (Å²) >= 11 is 0. The molecule has 4 bridgehead atoms. The number of aryl methyl sites for hydroxylation is 1. The van der Waals surface area contributed by atoms with Crippen molar-refractivity contribution in [3.05, 3.63) is 126 Å². The summed E-state index contributed by atoms with van der Waals surface area (Å²) in [5.41, 5.74) is 10.2. The van der Waals surface area contributed by atoms with Crippen LogP contribution in [-0.2, 0) is 38.1 Å². The van der Waals surface area contributed by atoms with Crippen molar-refractivity contribution in [1.82, 2.24) is 9.88 Å². The number of hydrogen-bond acceptors (Lipinski definition) is 7. The first kappa shape index (κ1) is 30.8. The third kappa shape index (κ3) is 6.87. The summed E-state index contributed by atoms with van der Waals surface area (Å²) in [7, 11) is -2.14. The number of pyridine rings is 1. The van der Waals surface area contributed by atoms with Crippen LogP contribution in [0.25, 0.3) is 10.8 Å². The van der Waals surface area contributed by atoms with Crippen molar-refractivity contribution in [3.8, 4) is 0 Å². The number of benzene rings is 4. The number of amides is 2. The molecule has 0 fully saturated rings. The largest absolute Gasteiger partial charge is 0.383 e. The predicted molar refractivity (Wildman–Crippen MR) is 181 cm³/mol. The van der Waals surface area contributed by atoms with Crippen LogP contribution in [-0.4, -0.2) is 37.2 Å². The van der Waals surface area contributed by atoms with Crippen LogP contribution in [0.15, 0.2) is 108 Å². The van der Waals surface area contributed by atoms with Gasteiger partial charge in [0.15, 0.2) is 9.84 Å². The van der Waals surface area contributed by atoms with Gasteiger partial charge in [-0.15, -0.1) is 0 Å². The highest BCUT2D eigenvalue weighted by Gasteiger charge is 2.27. The van der Waals surface area contributed by atoms with E-state index in [1.165, 1.54) is 11.0 Å². The Labute approximate surface area is 268 Å². The summed E-state index contributed by atoms with van der Waals surface area (Å²) in [4.78, 5) is 32.8. The van der Waals surface area contributed by atoms with Crippen LogP contribution >= 0.6 is 0 Å². The van der Waals surface area contributed by atoms with Crippen LogP contribution in [0.2, 0.25) is 0 Å². The zero-order chi connectivity index (χ0) is 32.3. The predicted octanol–water partition coefficient (Wildman–Crippen LogP) is 5.88. The van der Waals surface area contributed by atoms with E-state index in [1.807, 2.05) is 54.6 Å². The number of anilines is 3. The Bertz CT molecular complexity index is 2010. The first-order chi connectivity index (χ1) is 22.2. The molecule has 2 aliphatic rings. The van der Waals surface area contributed by atoms with Crippen LogP contribution in [0.3, 0.4) is 0 Å². The number of rotatable bonds is 5. The van der Waals surface area contributed by atoms with Crippen LogP contribution in [0.4, 0.5) is 17.2 Å². The van der Waals surface area contributed by atoms with E-state index in [1.54, 1.807) is 49.6 Å². The number of nitrogens with zero attached hydrogens (tertiary/aromatic N) is 2. The molecule has 0 saturated heterocycles. The highest BCUT2D eigenvalue weighted by atomic mass is 32.2. The Balaban J connectivity index is 1.38. The van der Waals surface area contributed by atoms with E-state index in [4.69, 9.17) is 5.73 Å². The van der Waals surface area contributed by atoms with Gasteiger partial charge in [-0.05, 0) is 82.9 Å². The number of nitrogens with one attached hydrogen (secondary N) is 2. The number of likely N-dealkylation sites (N-methyl/N-ethyl adjacent to an activating group) is 1. The van der Waals surface area contributed by atoms with Gasteiger partial charge in [0.1, 0.15) is 11.9 Å². The van der Waals surface area contributed by atoms with Gasteiger partial charge in [-0.3, -0.25) is 9.59 Å². The molecule has 4 aromatic carbocycles. The standard InChI is InChI=1S/C36H35N5O4S/c1-41-22-28-21-29(15-17-32(28)46(44,45)23-25-6-3-2-4-7-25)39-33(42)9-5-8-24-10-12-26(13-11-24)34(36(41)43)40-30-14-16-31-27(20-30)18-19-38-35(31)37/h2-4,6-7,10-21,34,40H,5,8-9,22-23H2,1H3,(H2,37,38)(H,39,42)/t34-/m1/s1. The van der Waals surface area contributed by atoms with Gasteiger partial charge >= 0.3 is 0 Å². The van der Waals surface area contributed by atoms with Gasteiger partial charge in [-0.25, -0.2) is 13.4 Å². The fourth-order valence-corrected chi connectivity index (χ4v) is 7.39. The topological polar surface area (TPSA) is 134 Å². The fourth-order valence-electron chi connectivity index (χ4n) is 5.81. The summed E-state index contributed by atoms with van der Waals surface area (Å²) in [6.07, 6.45) is 3.29. The molecule has 46 heavy (non-hydrogen) atoms. The second kappa shape index (κ2) is 13.0. The van der Waals surface area contributed by atoms with Gasteiger partial charge in [-0.2, -0.15) is 0 Å². The fraction of sp³-hybridized carbons (Fsp3) is 0.194. The molecule has 0 unspecified atom stereocenters. The normalized spacial score (nSPS) is 15.9. The maximum Gasteiger partial charge on any atom is 0.249 e. The van der Waals surface area contributed by atoms with E-state index in [0.29, 0.717) is 41.9 Å². The minimum Gasteiger partial charge on any atom is -0.383 e. The maximum absolute atomic E-state index is 14.3. The highest BCUT2D eigenvalue weighted by molar-refractivity contribution is 7.90. The highest BCUT2D eigenvalue weighted by Crippen LogP contribution is 2.30. The monoisotopic (exact) mass is 633 g/mol. The van der Waals surface area contributed by atoms with E-state index in [2.05, 4.69) is 15.6 Å². The van der Waals surface area contributed by atoms with Gasteiger partial charge in [0.25, 0.3) is 0 Å². The molecule has 2 amide bonds. The molecule has 0 saturated carbocycles. The summed E-state index contributed by atoms with van der Waals surface area (Å²) in [5.74, 6) is -0.175. The minimum absolute atomic E-state index is 0.00207. The van der Waals surface area contributed by atoms with Gasteiger partial charge < -0.3 is 21.3 Å². The first-order valence-electron chi connectivity index (χ1n) is 15.1. The lowest BCUT2D eigenvalue weighted by Gasteiger charge is -2.27. The Morgan fingerprint density at radius 2 is 1.72 bits per heavy atom. The number of fused-ring (bicyclic) bond motifs is 10. The van der Waals surface area contributed by atoms with E-state index in [-0.39, 0.29) is 29.0 Å². The van der Waals surface area contributed by atoms with Crippen molar-refractivity contribution in [1.29, 1.82) is 0 Å². The molecule has 0 radical (unpaired) electrons. The smallest absolute Gasteiger partial charge is 0.249 e. The van der Waals surface area contributed by atoms with Crippen LogP contribution in [0.1, 0.15) is 41.1 Å². The van der Waals surface area contributed by atoms with Crippen LogP contribution in [0, 0.1) is 0 Å². The molecule has 9 nitrogen and oxygen atoms in total. The molecule has 4 N–H and O–H groups in total. The van der Waals surface area contributed by atoms with Crippen molar-refractivity contribution < 1.29 is 18.0 Å². The number of carbonyl (C=O) groups excluding carboxylic acids is 2. The second-order valence-corrected chi connectivity index (χ2v) is 13.6. The maximum atomic E-state index is 14.3. The van der Waals surface area contributed by atoms with Crippen molar-refractivity contribution in [2.45, 2.75) is 42.5 Å². The average molecular weight is 634 g/mol. The third-order valence-electron chi connectivity index (χ3n) is 8.20. The Hall–Kier alpha value is -5.22. The van der Waals surface area contributed by atoms with E-state index < -0.39 is 15.9 Å². The molecule has 0 aliphatic carbocycles. The molecule has 5 aromatic rings. The van der Waals surface area contributed by atoms with E-state index in [9.17, 15) is 18.0 Å². The second-order valence-electron chi connectivity index (χ2n) is 11.6. The zero-order valence-electron chi connectivity index (χ0n) is 25.4. The number of carbonyl (C=O) groups is 2. The van der Waals surface area contributed by atoms with Gasteiger partial charge in [0.2, 0.25) is 11.8 Å². The molecular formula is C36H35N5O4S. The van der Waals surface area contributed by atoms with Crippen molar-refractivity contribution in [2.75, 3.05) is 23.4 Å². The lowest BCUT2D eigenvalue weighted by Crippen LogP contribution is -2.35. The van der Waals surface area contributed by atoms with Gasteiger partial charge in [0, 0.05) is 43.0 Å². The molecule has 7 rings (SSSR count). The van der Waals surface area contributed by atoms with Crippen molar-refractivity contribution in [3.63, 3.8) is 0 Å². The molecule has 3 heterocycles. The van der Waals surface area contributed by atoms with Gasteiger partial charge in [0.05, 0.1) is 10.6 Å². The molecule has 1 aromatic heterocycles. The Morgan fingerprint density at radius 1 is 0.935 bits per heavy atom. The average Bonchev–Trinajstić information content (AvgIpc) is 3.03. The minimum atomic E-state index is -3.79. The summed E-state index contributed by atoms with van der Waals surface area (Å²) < 4.78 is 27.5. The molecule has 234 valence electrons. The van der Waals surface area contributed by atoms with E-state index in [0.717, 1.165) is 27.6 Å². The number of aromatic nitrogens is 1. The van der Waals surface area contributed by atoms with Crippen molar-refractivity contribution >= 4 is 49.6 Å².